The van der Waals surface area contributed by atoms with E-state index in [1.165, 1.54) is 0 Å². The molecule has 0 spiro atoms. The van der Waals surface area contributed by atoms with E-state index >= 15 is 0 Å². The summed E-state index contributed by atoms with van der Waals surface area (Å²) in [6.45, 7) is 0.708. The summed E-state index contributed by atoms with van der Waals surface area (Å²) in [5.41, 5.74) is 1.08. The van der Waals surface area contributed by atoms with Crippen LogP contribution in [0.4, 0.5) is 0 Å². The summed E-state index contributed by atoms with van der Waals surface area (Å²) in [6.07, 6.45) is 0.726. The number of ether oxygens (including phenoxy) is 1. The Morgan fingerprint density at radius 1 is 0.862 bits per heavy atom. The Bertz CT molecular complexity index is 931. The van der Waals surface area contributed by atoms with Gasteiger partial charge in [0.15, 0.2) is 0 Å². The van der Waals surface area contributed by atoms with Gasteiger partial charge in [-0.05, 0) is 25.0 Å². The van der Waals surface area contributed by atoms with Gasteiger partial charge in [0.2, 0.25) is 6.10 Å². The van der Waals surface area contributed by atoms with Gasteiger partial charge in [0.1, 0.15) is 6.54 Å². The molecule has 7 heteroatoms. The van der Waals surface area contributed by atoms with Crippen LogP contribution in [0.3, 0.4) is 0 Å². The Kier molecular flexibility index (Phi) is 5.12. The summed E-state index contributed by atoms with van der Waals surface area (Å²) in [4.78, 5) is 53.0. The van der Waals surface area contributed by atoms with Crippen molar-refractivity contribution in [1.82, 2.24) is 9.80 Å². The monoisotopic (exact) mass is 392 g/mol. The number of hydrogen-bond donors (Lipinski definition) is 0. The Labute approximate surface area is 167 Å². The van der Waals surface area contributed by atoms with Gasteiger partial charge < -0.3 is 9.64 Å². The third-order valence-corrected chi connectivity index (χ3v) is 5.16. The van der Waals surface area contributed by atoms with Crippen LogP contribution in [-0.4, -0.2) is 53.1 Å². The lowest BCUT2D eigenvalue weighted by atomic mass is 10.1. The van der Waals surface area contributed by atoms with Gasteiger partial charge in [-0.25, -0.2) is 0 Å². The number of benzene rings is 2. The van der Waals surface area contributed by atoms with E-state index in [9.17, 15) is 19.2 Å². The fourth-order valence-electron chi connectivity index (χ4n) is 3.67. The first-order valence-corrected chi connectivity index (χ1v) is 9.54. The predicted octanol–water partition coefficient (Wildman–Crippen LogP) is 2.19. The summed E-state index contributed by atoms with van der Waals surface area (Å²) in [6, 6.07) is 15.2. The zero-order chi connectivity index (χ0) is 20.4. The number of likely N-dealkylation sites (tertiary alicyclic amines) is 1. The number of esters is 1. The minimum atomic E-state index is -1.10. The molecule has 1 fully saturated rings. The van der Waals surface area contributed by atoms with E-state index < -0.39 is 30.4 Å². The highest BCUT2D eigenvalue weighted by molar-refractivity contribution is 6.22. The van der Waals surface area contributed by atoms with Crippen LogP contribution in [0, 0.1) is 0 Å². The van der Waals surface area contributed by atoms with Gasteiger partial charge in [0, 0.05) is 18.7 Å². The van der Waals surface area contributed by atoms with Gasteiger partial charge in [-0.1, -0.05) is 42.5 Å². The lowest BCUT2D eigenvalue weighted by Gasteiger charge is -2.24. The number of carbonyl (C=O) groups is 4. The summed E-state index contributed by atoms with van der Waals surface area (Å²) in [7, 11) is 0. The molecule has 2 aromatic carbocycles. The van der Waals surface area contributed by atoms with Crippen molar-refractivity contribution in [3.8, 4) is 0 Å². The molecule has 0 radical (unpaired) electrons. The van der Waals surface area contributed by atoms with E-state index in [2.05, 4.69) is 0 Å². The smallest absolute Gasteiger partial charge is 0.327 e. The van der Waals surface area contributed by atoms with Crippen LogP contribution in [0.1, 0.15) is 45.2 Å². The van der Waals surface area contributed by atoms with E-state index in [0.717, 1.165) is 17.7 Å². The van der Waals surface area contributed by atoms with Crippen molar-refractivity contribution in [3.05, 3.63) is 71.3 Å². The van der Waals surface area contributed by atoms with Crippen molar-refractivity contribution in [2.45, 2.75) is 18.9 Å². The maximum absolute atomic E-state index is 12.9. The van der Waals surface area contributed by atoms with Crippen molar-refractivity contribution < 1.29 is 23.9 Å². The fourth-order valence-corrected chi connectivity index (χ4v) is 3.67. The molecule has 2 aliphatic heterocycles. The molecule has 29 heavy (non-hydrogen) atoms. The number of nitrogens with zero attached hydrogens (tertiary/aromatic N) is 2. The Morgan fingerprint density at radius 3 is 2.00 bits per heavy atom. The molecule has 4 rings (SSSR count). The van der Waals surface area contributed by atoms with Crippen LogP contribution in [0.25, 0.3) is 0 Å². The minimum Gasteiger partial charge on any atom is -0.446 e. The van der Waals surface area contributed by atoms with Crippen molar-refractivity contribution >= 4 is 23.7 Å². The van der Waals surface area contributed by atoms with Crippen molar-refractivity contribution in [1.29, 1.82) is 0 Å². The topological polar surface area (TPSA) is 84.0 Å². The fraction of sp³-hybridized carbons (Fsp3) is 0.273. The predicted molar refractivity (Wildman–Crippen MR) is 103 cm³/mol. The highest BCUT2D eigenvalue weighted by Crippen LogP contribution is 2.25. The Morgan fingerprint density at radius 2 is 1.41 bits per heavy atom. The van der Waals surface area contributed by atoms with Gasteiger partial charge >= 0.3 is 5.97 Å². The zero-order valence-corrected chi connectivity index (χ0v) is 15.7. The molecule has 148 valence electrons. The van der Waals surface area contributed by atoms with E-state index in [1.807, 2.05) is 6.07 Å². The molecule has 0 N–H and O–H groups in total. The van der Waals surface area contributed by atoms with Gasteiger partial charge in [0.25, 0.3) is 17.7 Å². The molecule has 2 aromatic rings. The van der Waals surface area contributed by atoms with Crippen molar-refractivity contribution in [2.75, 3.05) is 19.6 Å². The van der Waals surface area contributed by atoms with E-state index in [-0.39, 0.29) is 17.0 Å². The van der Waals surface area contributed by atoms with Gasteiger partial charge in [0.05, 0.1) is 11.1 Å². The van der Waals surface area contributed by atoms with Gasteiger partial charge in [-0.15, -0.1) is 0 Å². The van der Waals surface area contributed by atoms with Crippen LogP contribution in [0.15, 0.2) is 54.6 Å². The van der Waals surface area contributed by atoms with E-state index in [1.54, 1.807) is 53.4 Å². The quantitative estimate of drug-likeness (QED) is 0.575. The molecular weight excluding hydrogens is 372 g/mol. The van der Waals surface area contributed by atoms with Crippen molar-refractivity contribution in [3.63, 3.8) is 0 Å². The zero-order valence-electron chi connectivity index (χ0n) is 15.7. The molecule has 7 nitrogen and oxygen atoms in total. The van der Waals surface area contributed by atoms with Crippen LogP contribution >= 0.6 is 0 Å². The summed E-state index contributed by atoms with van der Waals surface area (Å²) in [5, 5.41) is 0. The van der Waals surface area contributed by atoms with Crippen LogP contribution in [0.2, 0.25) is 0 Å². The van der Waals surface area contributed by atoms with Crippen LogP contribution < -0.4 is 0 Å². The van der Waals surface area contributed by atoms with Crippen LogP contribution in [-0.2, 0) is 14.3 Å². The van der Waals surface area contributed by atoms with Crippen molar-refractivity contribution in [2.24, 2.45) is 0 Å². The highest BCUT2D eigenvalue weighted by atomic mass is 16.5. The number of hydrogen-bond acceptors (Lipinski definition) is 5. The van der Waals surface area contributed by atoms with E-state index in [4.69, 9.17) is 4.74 Å². The molecule has 3 amide bonds. The molecule has 0 saturated carbocycles. The summed E-state index contributed by atoms with van der Waals surface area (Å²) in [5.74, 6) is -2.17. The third kappa shape index (κ3) is 3.63. The normalized spacial score (nSPS) is 16.7. The first kappa shape index (κ1) is 18.9. The Hall–Kier alpha value is -3.48. The molecule has 0 unspecified atom stereocenters. The maximum atomic E-state index is 12.9. The SMILES string of the molecule is O=C(CN1C(=O)c2ccccc2C1=O)O[C@H](C(=O)N1CCCC1)c1ccccc1. The molecule has 0 bridgehead atoms. The molecule has 0 aromatic heterocycles. The largest absolute Gasteiger partial charge is 0.446 e. The number of amides is 3. The molecule has 1 atom stereocenters. The summed E-state index contributed by atoms with van der Waals surface area (Å²) < 4.78 is 5.49. The third-order valence-electron chi connectivity index (χ3n) is 5.16. The average Bonchev–Trinajstić information content (AvgIpc) is 3.37. The van der Waals surface area contributed by atoms with Crippen LogP contribution in [0.5, 0.6) is 0 Å². The number of fused-ring (bicyclic) bond motifs is 1. The lowest BCUT2D eigenvalue weighted by Crippen LogP contribution is -2.39. The highest BCUT2D eigenvalue weighted by Gasteiger charge is 2.38. The van der Waals surface area contributed by atoms with E-state index in [0.29, 0.717) is 18.7 Å². The minimum absolute atomic E-state index is 0.262. The van der Waals surface area contributed by atoms with Gasteiger partial charge in [-0.3, -0.25) is 24.1 Å². The molecule has 0 aliphatic carbocycles. The second-order valence-corrected chi connectivity index (χ2v) is 7.06. The first-order chi connectivity index (χ1) is 14.1. The summed E-state index contributed by atoms with van der Waals surface area (Å²) >= 11 is 0. The molecule has 1 saturated heterocycles. The second kappa shape index (κ2) is 7.87. The first-order valence-electron chi connectivity index (χ1n) is 9.54. The number of rotatable bonds is 5. The second-order valence-electron chi connectivity index (χ2n) is 7.06. The standard InChI is InChI=1S/C22H20N2O5/c25-18(14-24-20(26)16-10-4-5-11-17(16)21(24)27)29-19(15-8-2-1-3-9-15)22(28)23-12-6-7-13-23/h1-5,8-11,19H,6-7,12-14H2/t19-/m0/s1. The molecule has 2 aliphatic rings. The van der Waals surface area contributed by atoms with Gasteiger partial charge in [-0.2, -0.15) is 0 Å². The molecule has 2 heterocycles. The number of imide groups is 1. The molecular formula is C22H20N2O5. The maximum Gasteiger partial charge on any atom is 0.327 e. The average molecular weight is 392 g/mol. The lowest BCUT2D eigenvalue weighted by molar-refractivity contribution is -0.160. The number of carbonyl (C=O) groups excluding carboxylic acids is 4. The Balaban J connectivity index is 1.51.